The number of aromatic nitrogens is 2. The second-order valence-corrected chi connectivity index (χ2v) is 8.47. The van der Waals surface area contributed by atoms with E-state index in [1.807, 2.05) is 44.2 Å². The quantitative estimate of drug-likeness (QED) is 0.558. The third-order valence-electron chi connectivity index (χ3n) is 6.29. The Morgan fingerprint density at radius 2 is 1.75 bits per heavy atom. The normalized spacial score (nSPS) is 16.4. The van der Waals surface area contributed by atoms with E-state index in [2.05, 4.69) is 31.5 Å². The summed E-state index contributed by atoms with van der Waals surface area (Å²) in [6, 6.07) is 14.0. The Hall–Kier alpha value is -3.16. The molecule has 0 aliphatic carbocycles. The van der Waals surface area contributed by atoms with Crippen LogP contribution in [0, 0.1) is 13.8 Å². The number of rotatable bonds is 6. The molecule has 0 saturated carbocycles. The number of piperazine rings is 1. The number of ketones is 1. The average Bonchev–Trinajstić information content (AvgIpc) is 3.39. The Morgan fingerprint density at radius 3 is 2.53 bits per heavy atom. The molecule has 2 aromatic heterocycles. The molecule has 7 heteroatoms. The van der Waals surface area contributed by atoms with Crippen molar-refractivity contribution in [3.05, 3.63) is 71.2 Å². The zero-order valence-corrected chi connectivity index (χ0v) is 18.6. The summed E-state index contributed by atoms with van der Waals surface area (Å²) in [5.74, 6) is 2.66. The molecule has 2 aliphatic rings. The molecule has 1 aromatic carbocycles. The molecule has 0 atom stereocenters. The molecule has 0 amide bonds. The first kappa shape index (κ1) is 20.7. The third-order valence-corrected chi connectivity index (χ3v) is 6.29. The van der Waals surface area contributed by atoms with Gasteiger partial charge in [0.1, 0.15) is 5.82 Å². The van der Waals surface area contributed by atoms with Gasteiger partial charge in [-0.25, -0.2) is 4.98 Å². The molecule has 0 spiro atoms. The molecule has 0 N–H and O–H groups in total. The smallest absolute Gasteiger partial charge is 0.231 e. The van der Waals surface area contributed by atoms with Gasteiger partial charge in [-0.3, -0.25) is 14.6 Å². The van der Waals surface area contributed by atoms with Crippen LogP contribution < -0.4 is 9.47 Å². The van der Waals surface area contributed by atoms with E-state index in [1.54, 1.807) is 6.20 Å². The summed E-state index contributed by atoms with van der Waals surface area (Å²) in [5.41, 5.74) is 3.99. The van der Waals surface area contributed by atoms with Gasteiger partial charge in [-0.1, -0.05) is 12.1 Å². The van der Waals surface area contributed by atoms with Gasteiger partial charge in [0.25, 0.3) is 0 Å². The number of carbonyl (C=O) groups is 1. The van der Waals surface area contributed by atoms with Crippen molar-refractivity contribution in [2.45, 2.75) is 20.4 Å². The van der Waals surface area contributed by atoms with Gasteiger partial charge >= 0.3 is 0 Å². The zero-order valence-electron chi connectivity index (χ0n) is 18.6. The van der Waals surface area contributed by atoms with Crippen LogP contribution in [0.3, 0.4) is 0 Å². The molecule has 7 nitrogen and oxygen atoms in total. The fourth-order valence-corrected chi connectivity index (χ4v) is 4.57. The second kappa shape index (κ2) is 8.76. The molecule has 0 bridgehead atoms. The average molecular weight is 433 g/mol. The van der Waals surface area contributed by atoms with Crippen LogP contribution in [0.2, 0.25) is 0 Å². The molecule has 32 heavy (non-hydrogen) atoms. The molecule has 1 fully saturated rings. The topological polar surface area (TPSA) is 59.8 Å². The molecular formula is C25H28N4O3. The molecule has 166 valence electrons. The minimum atomic E-state index is 0.171. The predicted octanol–water partition coefficient (Wildman–Crippen LogP) is 3.22. The van der Waals surface area contributed by atoms with Crippen LogP contribution in [-0.4, -0.2) is 64.7 Å². The molecule has 3 aromatic rings. The summed E-state index contributed by atoms with van der Waals surface area (Å²) in [6.45, 7) is 9.29. The van der Waals surface area contributed by atoms with Gasteiger partial charge in [-0.15, -0.1) is 0 Å². The Morgan fingerprint density at radius 1 is 0.969 bits per heavy atom. The van der Waals surface area contributed by atoms with E-state index in [-0.39, 0.29) is 5.78 Å². The maximum absolute atomic E-state index is 13.1. The number of ether oxygens (including phenoxy) is 2. The standard InChI is InChI=1S/C25H28N4O3/c1-18-13-21(19(2)29(18)25-5-3-4-8-26-25)22(30)16-28-11-9-27(10-12-28)15-20-6-7-23-24(14-20)32-17-31-23/h3-8,13-14H,9-12,15-17H2,1-2H3. The monoisotopic (exact) mass is 432 g/mol. The lowest BCUT2D eigenvalue weighted by Gasteiger charge is -2.34. The van der Waals surface area contributed by atoms with E-state index < -0.39 is 0 Å². The highest BCUT2D eigenvalue weighted by Gasteiger charge is 2.23. The summed E-state index contributed by atoms with van der Waals surface area (Å²) in [7, 11) is 0. The number of benzene rings is 1. The Bertz CT molecular complexity index is 1120. The highest BCUT2D eigenvalue weighted by molar-refractivity contribution is 5.99. The van der Waals surface area contributed by atoms with Crippen molar-refractivity contribution in [2.75, 3.05) is 39.5 Å². The minimum Gasteiger partial charge on any atom is -0.454 e. The largest absolute Gasteiger partial charge is 0.454 e. The van der Waals surface area contributed by atoms with E-state index in [1.165, 1.54) is 5.56 Å². The number of carbonyl (C=O) groups excluding carboxylic acids is 1. The first-order chi connectivity index (χ1) is 15.6. The summed E-state index contributed by atoms with van der Waals surface area (Å²) in [6.07, 6.45) is 1.78. The van der Waals surface area contributed by atoms with E-state index in [0.29, 0.717) is 13.3 Å². The van der Waals surface area contributed by atoms with Gasteiger partial charge in [-0.2, -0.15) is 0 Å². The second-order valence-electron chi connectivity index (χ2n) is 8.47. The molecule has 1 saturated heterocycles. The van der Waals surface area contributed by atoms with Crippen LogP contribution >= 0.6 is 0 Å². The fraction of sp³-hybridized carbons (Fsp3) is 0.360. The first-order valence-electron chi connectivity index (χ1n) is 11.1. The molecule has 0 unspecified atom stereocenters. The fourth-order valence-electron chi connectivity index (χ4n) is 4.57. The summed E-state index contributed by atoms with van der Waals surface area (Å²) in [5, 5.41) is 0. The molecule has 5 rings (SSSR count). The van der Waals surface area contributed by atoms with Crippen molar-refractivity contribution in [3.8, 4) is 17.3 Å². The number of nitrogens with zero attached hydrogens (tertiary/aromatic N) is 4. The Kier molecular flexibility index (Phi) is 5.68. The molecular weight excluding hydrogens is 404 g/mol. The van der Waals surface area contributed by atoms with Crippen molar-refractivity contribution in [1.82, 2.24) is 19.4 Å². The Balaban J connectivity index is 1.18. The van der Waals surface area contributed by atoms with Crippen LogP contribution in [0.5, 0.6) is 11.5 Å². The SMILES string of the molecule is Cc1cc(C(=O)CN2CCN(Cc3ccc4c(c3)OCO4)CC2)c(C)n1-c1ccccn1. The van der Waals surface area contributed by atoms with Crippen LogP contribution in [0.15, 0.2) is 48.7 Å². The summed E-state index contributed by atoms with van der Waals surface area (Å²) < 4.78 is 12.9. The number of aryl methyl sites for hydroxylation is 1. The van der Waals surface area contributed by atoms with E-state index in [9.17, 15) is 4.79 Å². The van der Waals surface area contributed by atoms with Crippen molar-refractivity contribution in [2.24, 2.45) is 0 Å². The maximum Gasteiger partial charge on any atom is 0.231 e. The molecule has 0 radical (unpaired) electrons. The van der Waals surface area contributed by atoms with Crippen molar-refractivity contribution in [3.63, 3.8) is 0 Å². The van der Waals surface area contributed by atoms with Crippen LogP contribution in [0.4, 0.5) is 0 Å². The minimum absolute atomic E-state index is 0.171. The van der Waals surface area contributed by atoms with Crippen LogP contribution in [0.1, 0.15) is 27.3 Å². The number of Topliss-reactive ketones (excluding diaryl/α,β-unsaturated/α-hetero) is 1. The van der Waals surface area contributed by atoms with E-state index in [4.69, 9.17) is 9.47 Å². The highest BCUT2D eigenvalue weighted by Crippen LogP contribution is 2.32. The number of hydrogen-bond acceptors (Lipinski definition) is 6. The van der Waals surface area contributed by atoms with Crippen molar-refractivity contribution in [1.29, 1.82) is 0 Å². The van der Waals surface area contributed by atoms with E-state index >= 15 is 0 Å². The van der Waals surface area contributed by atoms with Gasteiger partial charge in [0.05, 0.1) is 6.54 Å². The van der Waals surface area contributed by atoms with Crippen LogP contribution in [-0.2, 0) is 6.54 Å². The van der Waals surface area contributed by atoms with Gasteiger partial charge < -0.3 is 14.0 Å². The third kappa shape index (κ3) is 4.13. The number of hydrogen-bond donors (Lipinski definition) is 0. The van der Waals surface area contributed by atoms with E-state index in [0.717, 1.165) is 67.0 Å². The molecule has 4 heterocycles. The first-order valence-corrected chi connectivity index (χ1v) is 11.1. The summed E-state index contributed by atoms with van der Waals surface area (Å²) >= 11 is 0. The molecule has 2 aliphatic heterocycles. The number of fused-ring (bicyclic) bond motifs is 1. The van der Waals surface area contributed by atoms with Gasteiger partial charge in [0.2, 0.25) is 6.79 Å². The van der Waals surface area contributed by atoms with Crippen molar-refractivity contribution >= 4 is 5.78 Å². The van der Waals surface area contributed by atoms with Gasteiger partial charge in [0.15, 0.2) is 17.3 Å². The lowest BCUT2D eigenvalue weighted by molar-refractivity contribution is 0.0843. The lowest BCUT2D eigenvalue weighted by Crippen LogP contribution is -2.47. The van der Waals surface area contributed by atoms with Crippen molar-refractivity contribution < 1.29 is 14.3 Å². The number of pyridine rings is 1. The zero-order chi connectivity index (χ0) is 22.1. The van der Waals surface area contributed by atoms with Gasteiger partial charge in [0, 0.05) is 55.9 Å². The lowest BCUT2D eigenvalue weighted by atomic mass is 10.1. The summed E-state index contributed by atoms with van der Waals surface area (Å²) in [4.78, 5) is 22.2. The Labute approximate surface area is 188 Å². The highest BCUT2D eigenvalue weighted by atomic mass is 16.7. The van der Waals surface area contributed by atoms with Gasteiger partial charge in [-0.05, 0) is 49.7 Å². The predicted molar refractivity (Wildman–Crippen MR) is 122 cm³/mol. The van der Waals surface area contributed by atoms with Crippen LogP contribution in [0.25, 0.3) is 5.82 Å². The maximum atomic E-state index is 13.1.